The highest BCUT2D eigenvalue weighted by Crippen LogP contribution is 2.51. The van der Waals surface area contributed by atoms with Gasteiger partial charge in [-0.2, -0.15) is 0 Å². The number of pyridine rings is 3. The quantitative estimate of drug-likeness (QED) is 0.0764. The topological polar surface area (TPSA) is 416 Å². The van der Waals surface area contributed by atoms with Crippen molar-refractivity contribution >= 4 is 111 Å². The van der Waals surface area contributed by atoms with Crippen LogP contribution in [0.3, 0.4) is 0 Å². The number of benzene rings is 2. The SMILES string of the molecule is CCCc1cnc2c(ccn2S(=O)(=O)c2ccccc2)c1-c1nc2c(c(C(C)(C)S(C)(=O)=O)n1)OC[C@@H]1COC[C@@H](C)N21.CCNc1cnc2[nH]ccc2c1-c1nc2c(c(C(C)(C)S(C)(=O)=O)n1)OC[C@@H]1COC[C@@H](C)N21.C[C@@H]1COC[C@H]2COc3c(nc(-c4c(N)cnc5c4ccn5S(=O)(=O)c4ccccc4)nc3C(C)(C)S(C)(=O)=O)N21. The van der Waals surface area contributed by atoms with E-state index in [1.165, 1.54) is 47.2 Å². The maximum atomic E-state index is 13.6. The molecule has 6 aliphatic heterocycles. The van der Waals surface area contributed by atoms with Gasteiger partial charge in [-0.25, -0.2) is 94.9 Å². The highest BCUT2D eigenvalue weighted by atomic mass is 32.2. The number of hydrogen-bond acceptors (Lipinski definition) is 30. The third-order valence-corrected chi connectivity index (χ3v) is 32.4. The maximum Gasteiger partial charge on any atom is 0.269 e. The number of morpholine rings is 3. The molecular formula is C80H95N17O16S5. The Morgan fingerprint density at radius 2 is 0.856 bits per heavy atom. The summed E-state index contributed by atoms with van der Waals surface area (Å²) in [7, 11) is -18.8. The smallest absolute Gasteiger partial charge is 0.269 e. The first-order valence-corrected chi connectivity index (χ1v) is 47.3. The minimum atomic E-state index is -3.97. The lowest BCUT2D eigenvalue weighted by atomic mass is 10.00. The molecule has 0 bridgehead atoms. The van der Waals surface area contributed by atoms with Gasteiger partial charge in [0.15, 0.2) is 93.0 Å². The fraction of sp³-hybridized carbons (Fsp3) is 0.438. The van der Waals surface area contributed by atoms with E-state index < -0.39 is 63.8 Å². The molecule has 0 saturated carbocycles. The number of aromatic nitrogens is 12. The Balaban J connectivity index is 0.000000139. The van der Waals surface area contributed by atoms with Crippen molar-refractivity contribution < 1.29 is 70.5 Å². The van der Waals surface area contributed by atoms with Gasteiger partial charge >= 0.3 is 0 Å². The van der Waals surface area contributed by atoms with E-state index in [1.807, 2.05) is 40.0 Å². The zero-order chi connectivity index (χ0) is 84.3. The molecule has 6 atom stereocenters. The largest absolute Gasteiger partial charge is 0.486 e. The van der Waals surface area contributed by atoms with Gasteiger partial charge in [0.25, 0.3) is 20.0 Å². The summed E-state index contributed by atoms with van der Waals surface area (Å²) in [5.41, 5.74) is 11.9. The second-order valence-corrected chi connectivity index (χ2v) is 43.2. The van der Waals surface area contributed by atoms with Crippen molar-refractivity contribution in [3.63, 3.8) is 0 Å². The van der Waals surface area contributed by atoms with Crippen molar-refractivity contribution in [2.24, 2.45) is 0 Å². The van der Waals surface area contributed by atoms with Crippen LogP contribution in [0, 0.1) is 0 Å². The van der Waals surface area contributed by atoms with E-state index in [-0.39, 0.29) is 86.8 Å². The molecule has 6 aliphatic rings. The number of nitrogens with zero attached hydrogens (tertiary/aromatic N) is 14. The minimum absolute atomic E-state index is 0.00819. The first-order valence-electron chi connectivity index (χ1n) is 38.7. The molecule has 4 N–H and O–H groups in total. The average Bonchev–Trinajstić information content (AvgIpc) is 1.15. The van der Waals surface area contributed by atoms with Gasteiger partial charge in [-0.05, 0) is 124 Å². The van der Waals surface area contributed by atoms with Crippen LogP contribution in [0.15, 0.2) is 126 Å². The maximum absolute atomic E-state index is 13.6. The van der Waals surface area contributed by atoms with Gasteiger partial charge in [-0.15, -0.1) is 0 Å². The molecule has 2 aromatic carbocycles. The number of hydrogen-bond donors (Lipinski definition) is 3. The molecule has 0 spiro atoms. The van der Waals surface area contributed by atoms with E-state index in [1.54, 1.807) is 115 Å². The minimum Gasteiger partial charge on any atom is -0.486 e. The molecule has 38 heteroatoms. The summed E-state index contributed by atoms with van der Waals surface area (Å²) in [5, 5.41) is 5.15. The van der Waals surface area contributed by atoms with Gasteiger partial charge in [0.05, 0.1) is 121 Å². The Kier molecular flexibility index (Phi) is 21.7. The number of nitrogens with one attached hydrogen (secondary N) is 2. The van der Waals surface area contributed by atoms with Crippen LogP contribution in [-0.4, -0.2) is 221 Å². The van der Waals surface area contributed by atoms with E-state index in [2.05, 4.69) is 46.9 Å². The first-order chi connectivity index (χ1) is 55.8. The number of ether oxygens (including phenoxy) is 6. The summed E-state index contributed by atoms with van der Waals surface area (Å²) in [5.74, 6) is 3.47. The number of aromatic amines is 1. The number of rotatable bonds is 17. The molecule has 3 saturated heterocycles. The van der Waals surface area contributed by atoms with Crippen LogP contribution in [0.4, 0.5) is 28.8 Å². The summed E-state index contributed by atoms with van der Waals surface area (Å²) in [6.07, 6.45) is 14.5. The van der Waals surface area contributed by atoms with Gasteiger partial charge in [-0.1, -0.05) is 49.7 Å². The summed E-state index contributed by atoms with van der Waals surface area (Å²) in [4.78, 5) is 52.7. The lowest BCUT2D eigenvalue weighted by Gasteiger charge is -2.45. The zero-order valence-electron chi connectivity index (χ0n) is 67.8. The monoisotopic (exact) mass is 1710 g/mol. The van der Waals surface area contributed by atoms with Gasteiger partial charge in [0.2, 0.25) is 0 Å². The van der Waals surface area contributed by atoms with Crippen LogP contribution in [-0.2, 0) is 84.4 Å². The molecule has 118 heavy (non-hydrogen) atoms. The number of sulfone groups is 3. The molecule has 0 radical (unpaired) electrons. The highest BCUT2D eigenvalue weighted by Gasteiger charge is 2.49. The fourth-order valence-corrected chi connectivity index (χ4v) is 19.7. The molecule has 17 rings (SSSR count). The molecule has 3 fully saturated rings. The first kappa shape index (κ1) is 82.9. The standard InChI is InChI=1S/C30H35N5O6S2.C27H30N6O6S2.C23H30N6O4S/c1-6-10-20-15-31-28-23(13-14-34(28)43(38,39)22-11-8-7-9-12-22)24(20)27-32-26(30(3,4)42(5,36)37)25-29(33-27)35-19(2)16-40-17-21(35)18-41-25;1-16-13-38-14-17-15-39-22-23(27(2,3)40(4,34)35)30-24(31-26(22)33(16)17)21-19-10-11-32(25(19)29-12-20(21)28)41(36,37)18-8-6-5-7-9-18;1-6-24-16-9-26-20-15(7-8-25-20)17(16)21-27-19(23(3,4)34(5,30)31)18-22(28-21)29-13(2)10-32-11-14(29)12-33-18/h7-9,11-15,19,21H,6,10,16-18H2,1-5H3;5-12,16-17H,13-15,28H2,1-4H3;7-9,13-14,24H,6,10-12H2,1-5H3,(H,25,26)/t19-,21+;16-,17+;13-,14+/m111/s1. The third-order valence-electron chi connectivity index (χ3n) is 22.9. The van der Waals surface area contributed by atoms with Gasteiger partial charge in [0, 0.05) is 71.8 Å². The Bertz CT molecular complexity index is 6370. The average molecular weight is 1710 g/mol. The molecule has 15 heterocycles. The van der Waals surface area contributed by atoms with Crippen molar-refractivity contribution in [1.82, 2.24) is 57.8 Å². The molecule has 9 aromatic heterocycles. The van der Waals surface area contributed by atoms with Gasteiger partial charge in [0.1, 0.15) is 56.8 Å². The molecule has 11 aromatic rings. The zero-order valence-corrected chi connectivity index (χ0v) is 71.9. The number of H-pyrrole nitrogens is 1. The van der Waals surface area contributed by atoms with Crippen molar-refractivity contribution in [2.75, 3.05) is 111 Å². The Labute approximate surface area is 685 Å². The molecular weight excluding hydrogens is 1620 g/mol. The number of nitrogen functional groups attached to an aromatic ring is 1. The van der Waals surface area contributed by atoms with Crippen LogP contribution >= 0.6 is 0 Å². The molecule has 0 amide bonds. The molecule has 33 nitrogen and oxygen atoms in total. The summed E-state index contributed by atoms with van der Waals surface area (Å²) in [6.45, 7) is 24.4. The van der Waals surface area contributed by atoms with Crippen LogP contribution in [0.2, 0.25) is 0 Å². The van der Waals surface area contributed by atoms with Crippen LogP contribution in [0.25, 0.3) is 67.3 Å². The van der Waals surface area contributed by atoms with Gasteiger partial charge < -0.3 is 59.2 Å². The molecule has 0 unspecified atom stereocenters. The van der Waals surface area contributed by atoms with Crippen molar-refractivity contribution in [3.8, 4) is 51.4 Å². The summed E-state index contributed by atoms with van der Waals surface area (Å²) >= 11 is 0. The van der Waals surface area contributed by atoms with Crippen LogP contribution < -0.4 is 40.0 Å². The number of fused-ring (bicyclic) bond motifs is 12. The van der Waals surface area contributed by atoms with E-state index in [0.29, 0.717) is 145 Å². The molecule has 626 valence electrons. The van der Waals surface area contributed by atoms with Crippen molar-refractivity contribution in [3.05, 3.63) is 139 Å². The summed E-state index contributed by atoms with van der Waals surface area (Å²) in [6, 6.07) is 21.1. The summed E-state index contributed by atoms with van der Waals surface area (Å²) < 4.78 is 166. The Hall–Kier alpha value is -10.2. The second-order valence-electron chi connectivity index (χ2n) is 31.9. The predicted molar refractivity (Wildman–Crippen MR) is 449 cm³/mol. The fourth-order valence-electron chi connectivity index (χ4n) is 15.6. The molecule has 0 aliphatic carbocycles. The second kappa shape index (κ2) is 30.9. The van der Waals surface area contributed by atoms with E-state index in [0.717, 1.165) is 38.8 Å². The van der Waals surface area contributed by atoms with Crippen molar-refractivity contribution in [2.45, 2.75) is 149 Å². The lowest BCUT2D eigenvalue weighted by Crippen LogP contribution is -2.56. The normalized spacial score (nSPS) is 19.7. The lowest BCUT2D eigenvalue weighted by molar-refractivity contribution is 0.0482. The van der Waals surface area contributed by atoms with E-state index >= 15 is 0 Å². The van der Waals surface area contributed by atoms with Crippen LogP contribution in [0.1, 0.15) is 105 Å². The Morgan fingerprint density at radius 1 is 0.466 bits per heavy atom. The highest BCUT2D eigenvalue weighted by molar-refractivity contribution is 7.92. The Morgan fingerprint density at radius 3 is 1.25 bits per heavy atom. The van der Waals surface area contributed by atoms with E-state index in [9.17, 15) is 42.1 Å². The van der Waals surface area contributed by atoms with Crippen molar-refractivity contribution in [1.29, 1.82) is 0 Å². The predicted octanol–water partition coefficient (Wildman–Crippen LogP) is 9.24. The third kappa shape index (κ3) is 14.3. The number of aryl methyl sites for hydroxylation is 1. The number of nitrogens with two attached hydrogens (primary N) is 1. The van der Waals surface area contributed by atoms with Crippen LogP contribution in [0.5, 0.6) is 17.2 Å². The number of anilines is 5. The van der Waals surface area contributed by atoms with E-state index in [4.69, 9.17) is 64.1 Å². The van der Waals surface area contributed by atoms with Gasteiger partial charge in [-0.3, -0.25) is 0 Å².